The molecule has 0 aromatic carbocycles. The number of nitrogens with one attached hydrogen (secondary N) is 2. The van der Waals surface area contributed by atoms with E-state index in [4.69, 9.17) is 0 Å². The highest BCUT2D eigenvalue weighted by Gasteiger charge is 2.23. The largest absolute Gasteiger partial charge is 0.347 e. The molecule has 1 aliphatic rings. The maximum atomic E-state index is 12.0. The summed E-state index contributed by atoms with van der Waals surface area (Å²) >= 11 is 1.60. The highest BCUT2D eigenvalue weighted by Crippen LogP contribution is 2.19. The van der Waals surface area contributed by atoms with Gasteiger partial charge in [0.05, 0.1) is 12.0 Å². The summed E-state index contributed by atoms with van der Waals surface area (Å²) in [5.41, 5.74) is 1.02. The Balaban J connectivity index is 1.89. The molecular formula is C12H19N3OS. The zero-order valence-corrected chi connectivity index (χ0v) is 11.1. The average Bonchev–Trinajstić information content (AvgIpc) is 2.77. The lowest BCUT2D eigenvalue weighted by molar-refractivity contribution is -0.126. The molecule has 1 aliphatic heterocycles. The van der Waals surface area contributed by atoms with Gasteiger partial charge < -0.3 is 10.6 Å². The fourth-order valence-electron chi connectivity index (χ4n) is 2.04. The van der Waals surface area contributed by atoms with Gasteiger partial charge >= 0.3 is 0 Å². The van der Waals surface area contributed by atoms with E-state index in [1.807, 2.05) is 19.2 Å². The van der Waals surface area contributed by atoms with Crippen LogP contribution < -0.4 is 10.6 Å². The maximum Gasteiger partial charge on any atom is 0.224 e. The number of carbonyl (C=O) groups is 1. The van der Waals surface area contributed by atoms with Crippen LogP contribution >= 0.6 is 11.3 Å². The molecule has 0 spiro atoms. The van der Waals surface area contributed by atoms with E-state index in [1.165, 1.54) is 0 Å². The van der Waals surface area contributed by atoms with Crippen molar-refractivity contribution in [2.45, 2.75) is 32.7 Å². The fourth-order valence-corrected chi connectivity index (χ4v) is 2.84. The second-order valence-electron chi connectivity index (χ2n) is 4.60. The Bertz CT molecular complexity index is 385. The van der Waals surface area contributed by atoms with Gasteiger partial charge in [-0.25, -0.2) is 4.98 Å². The average molecular weight is 253 g/mol. The molecule has 4 nitrogen and oxygen atoms in total. The number of hydrogen-bond acceptors (Lipinski definition) is 4. The van der Waals surface area contributed by atoms with Crippen LogP contribution in [0.25, 0.3) is 0 Å². The molecule has 1 fully saturated rings. The Hall–Kier alpha value is -0.940. The second-order valence-corrected chi connectivity index (χ2v) is 5.49. The van der Waals surface area contributed by atoms with E-state index in [1.54, 1.807) is 11.3 Å². The summed E-state index contributed by atoms with van der Waals surface area (Å²) in [4.78, 5) is 16.4. The Kier molecular flexibility index (Phi) is 4.12. The standard InChI is InChI=1S/C12H19N3OS/c1-8-7-17-12(14-8)9(2)15-11(16)10-4-3-5-13-6-10/h7,9-10,13H,3-6H2,1-2H3,(H,15,16). The molecule has 5 heteroatoms. The summed E-state index contributed by atoms with van der Waals surface area (Å²) < 4.78 is 0. The van der Waals surface area contributed by atoms with Crippen molar-refractivity contribution in [3.8, 4) is 0 Å². The molecular weight excluding hydrogens is 234 g/mol. The van der Waals surface area contributed by atoms with E-state index in [9.17, 15) is 4.79 Å². The molecule has 0 aliphatic carbocycles. The van der Waals surface area contributed by atoms with Crippen LogP contribution in [0.3, 0.4) is 0 Å². The van der Waals surface area contributed by atoms with E-state index in [0.717, 1.165) is 36.6 Å². The fraction of sp³-hybridized carbons (Fsp3) is 0.667. The Labute approximate surface area is 106 Å². The molecule has 0 bridgehead atoms. The predicted molar refractivity (Wildman–Crippen MR) is 69.0 cm³/mol. The number of rotatable bonds is 3. The Morgan fingerprint density at radius 1 is 1.71 bits per heavy atom. The predicted octanol–water partition coefficient (Wildman–Crippen LogP) is 1.63. The summed E-state index contributed by atoms with van der Waals surface area (Å²) in [6, 6.07) is 0.0168. The van der Waals surface area contributed by atoms with Crippen LogP contribution in [0.15, 0.2) is 5.38 Å². The number of amides is 1. The van der Waals surface area contributed by atoms with E-state index >= 15 is 0 Å². The molecule has 2 unspecified atom stereocenters. The minimum atomic E-state index is 0.0168. The number of aromatic nitrogens is 1. The summed E-state index contributed by atoms with van der Waals surface area (Å²) in [7, 11) is 0. The minimum Gasteiger partial charge on any atom is -0.347 e. The lowest BCUT2D eigenvalue weighted by atomic mass is 9.98. The van der Waals surface area contributed by atoms with Crippen molar-refractivity contribution in [2.24, 2.45) is 5.92 Å². The third kappa shape index (κ3) is 3.26. The van der Waals surface area contributed by atoms with E-state index in [0.29, 0.717) is 0 Å². The summed E-state index contributed by atoms with van der Waals surface area (Å²) in [5.74, 6) is 0.268. The Morgan fingerprint density at radius 3 is 3.12 bits per heavy atom. The van der Waals surface area contributed by atoms with Crippen molar-refractivity contribution in [1.29, 1.82) is 0 Å². The summed E-state index contributed by atoms with van der Waals surface area (Å²) in [6.45, 7) is 5.80. The van der Waals surface area contributed by atoms with Gasteiger partial charge in [0.2, 0.25) is 5.91 Å². The van der Waals surface area contributed by atoms with Gasteiger partial charge in [-0.15, -0.1) is 11.3 Å². The highest BCUT2D eigenvalue weighted by atomic mass is 32.1. The van der Waals surface area contributed by atoms with Crippen LogP contribution in [-0.4, -0.2) is 24.0 Å². The SMILES string of the molecule is Cc1csc(C(C)NC(=O)C2CCCNC2)n1. The van der Waals surface area contributed by atoms with Crippen LogP contribution in [0, 0.1) is 12.8 Å². The smallest absolute Gasteiger partial charge is 0.224 e. The number of aryl methyl sites for hydroxylation is 1. The maximum absolute atomic E-state index is 12.0. The molecule has 2 N–H and O–H groups in total. The van der Waals surface area contributed by atoms with Gasteiger partial charge in [0.15, 0.2) is 0 Å². The first-order chi connectivity index (χ1) is 8.16. The molecule has 2 rings (SSSR count). The molecule has 0 saturated carbocycles. The molecule has 2 heterocycles. The van der Waals surface area contributed by atoms with Gasteiger partial charge in [-0.2, -0.15) is 0 Å². The molecule has 17 heavy (non-hydrogen) atoms. The van der Waals surface area contributed by atoms with Crippen LogP contribution in [-0.2, 0) is 4.79 Å². The van der Waals surface area contributed by atoms with Crippen molar-refractivity contribution >= 4 is 17.2 Å². The summed E-state index contributed by atoms with van der Waals surface area (Å²) in [5, 5.41) is 9.31. The van der Waals surface area contributed by atoms with E-state index in [-0.39, 0.29) is 17.9 Å². The van der Waals surface area contributed by atoms with Crippen LogP contribution in [0.2, 0.25) is 0 Å². The first-order valence-electron chi connectivity index (χ1n) is 6.10. The molecule has 1 saturated heterocycles. The quantitative estimate of drug-likeness (QED) is 0.861. The molecule has 94 valence electrons. The number of hydrogen-bond donors (Lipinski definition) is 2. The van der Waals surface area contributed by atoms with Gasteiger partial charge in [0, 0.05) is 17.6 Å². The first-order valence-corrected chi connectivity index (χ1v) is 6.98. The minimum absolute atomic E-state index is 0.0168. The third-order valence-corrected chi connectivity index (χ3v) is 4.18. The molecule has 2 atom stereocenters. The van der Waals surface area contributed by atoms with Crippen molar-refractivity contribution in [2.75, 3.05) is 13.1 Å². The van der Waals surface area contributed by atoms with Gasteiger partial charge in [-0.3, -0.25) is 4.79 Å². The van der Waals surface area contributed by atoms with Crippen molar-refractivity contribution in [3.63, 3.8) is 0 Å². The van der Waals surface area contributed by atoms with E-state index in [2.05, 4.69) is 15.6 Å². The molecule has 1 amide bonds. The van der Waals surface area contributed by atoms with Crippen LogP contribution in [0.4, 0.5) is 0 Å². The normalized spacial score (nSPS) is 22.1. The monoisotopic (exact) mass is 253 g/mol. The topological polar surface area (TPSA) is 54.0 Å². The second kappa shape index (κ2) is 5.60. The third-order valence-electron chi connectivity index (χ3n) is 3.03. The van der Waals surface area contributed by atoms with Gasteiger partial charge in [-0.1, -0.05) is 0 Å². The van der Waals surface area contributed by atoms with E-state index < -0.39 is 0 Å². The number of thiazole rings is 1. The number of piperidine rings is 1. The van der Waals surface area contributed by atoms with Crippen molar-refractivity contribution < 1.29 is 4.79 Å². The molecule has 1 aromatic heterocycles. The van der Waals surface area contributed by atoms with Crippen LogP contribution in [0.5, 0.6) is 0 Å². The zero-order valence-electron chi connectivity index (χ0n) is 10.3. The van der Waals surface area contributed by atoms with Crippen molar-refractivity contribution in [1.82, 2.24) is 15.6 Å². The highest BCUT2D eigenvalue weighted by molar-refractivity contribution is 7.09. The summed E-state index contributed by atoms with van der Waals surface area (Å²) in [6.07, 6.45) is 2.07. The lowest BCUT2D eigenvalue weighted by Crippen LogP contribution is -2.41. The Morgan fingerprint density at radius 2 is 2.53 bits per heavy atom. The van der Waals surface area contributed by atoms with Gasteiger partial charge in [0.25, 0.3) is 0 Å². The first kappa shape index (κ1) is 12.5. The van der Waals surface area contributed by atoms with Crippen LogP contribution in [0.1, 0.15) is 36.5 Å². The van der Waals surface area contributed by atoms with Crippen molar-refractivity contribution in [3.05, 3.63) is 16.1 Å². The number of carbonyl (C=O) groups excluding carboxylic acids is 1. The number of nitrogens with zero attached hydrogens (tertiary/aromatic N) is 1. The zero-order chi connectivity index (χ0) is 12.3. The van der Waals surface area contributed by atoms with Gasteiger partial charge in [-0.05, 0) is 33.2 Å². The molecule has 1 aromatic rings. The van der Waals surface area contributed by atoms with Gasteiger partial charge in [0.1, 0.15) is 5.01 Å². The lowest BCUT2D eigenvalue weighted by Gasteiger charge is -2.23. The molecule has 0 radical (unpaired) electrons.